The zero-order valence-electron chi connectivity index (χ0n) is 20.0. The minimum absolute atomic E-state index is 0.0222. The number of nitrogens with zero attached hydrogens (tertiary/aromatic N) is 3. The smallest absolute Gasteiger partial charge is 0.373 e. The number of alkyl halides is 3. The Labute approximate surface area is 185 Å². The second-order valence-electron chi connectivity index (χ2n) is 5.44. The van der Waals surface area contributed by atoms with E-state index in [0.717, 1.165) is 29.3 Å². The molecule has 0 saturated carbocycles. The number of pyridine rings is 1. The fourth-order valence-electron chi connectivity index (χ4n) is 1.58. The van der Waals surface area contributed by atoms with Crippen molar-refractivity contribution in [1.29, 1.82) is 0 Å². The topological polar surface area (TPSA) is 67.8 Å². The van der Waals surface area contributed by atoms with E-state index >= 15 is 0 Å². The average molecular weight is 443 g/mol. The summed E-state index contributed by atoms with van der Waals surface area (Å²) >= 11 is 0. The Morgan fingerprint density at radius 1 is 1.10 bits per heavy atom. The first-order valence-corrected chi connectivity index (χ1v) is 10.3. The van der Waals surface area contributed by atoms with Crippen molar-refractivity contribution in [1.82, 2.24) is 15.0 Å². The Hall–Kier alpha value is -2.77. The first-order chi connectivity index (χ1) is 14.7. The maximum absolute atomic E-state index is 12.1. The molecule has 1 N–H and O–H groups in total. The van der Waals surface area contributed by atoms with Gasteiger partial charge in [-0.15, -0.1) is 0 Å². The highest BCUT2D eigenvalue weighted by molar-refractivity contribution is 5.60. The van der Waals surface area contributed by atoms with Gasteiger partial charge in [-0.25, -0.2) is 9.97 Å². The number of carbonyl (C=O) groups is 1. The molecule has 8 heteroatoms. The maximum Gasteiger partial charge on any atom is 0.433 e. The average Bonchev–Trinajstić information content (AvgIpc) is 2.77. The molecule has 176 valence electrons. The third-order valence-corrected chi connectivity index (χ3v) is 2.79. The number of rotatable bonds is 4. The molecule has 0 aliphatic heterocycles. The van der Waals surface area contributed by atoms with Gasteiger partial charge in [0.15, 0.2) is 0 Å². The van der Waals surface area contributed by atoms with E-state index in [1.165, 1.54) is 18.8 Å². The van der Waals surface area contributed by atoms with E-state index in [9.17, 15) is 18.0 Å². The Bertz CT molecular complexity index is 720. The Morgan fingerprint density at radius 2 is 1.65 bits per heavy atom. The lowest BCUT2D eigenvalue weighted by atomic mass is 10.2. The van der Waals surface area contributed by atoms with Gasteiger partial charge in [0.2, 0.25) is 0 Å². The summed E-state index contributed by atoms with van der Waals surface area (Å²) in [6.45, 7) is 18.0. The predicted molar refractivity (Wildman–Crippen MR) is 124 cm³/mol. The van der Waals surface area contributed by atoms with Crippen LogP contribution in [0.5, 0.6) is 0 Å². The van der Waals surface area contributed by atoms with Gasteiger partial charge in [0, 0.05) is 25.7 Å². The van der Waals surface area contributed by atoms with Gasteiger partial charge in [0.25, 0.3) is 0 Å². The molecule has 31 heavy (non-hydrogen) atoms. The summed E-state index contributed by atoms with van der Waals surface area (Å²) in [6, 6.07) is 4.11. The van der Waals surface area contributed by atoms with Crippen LogP contribution in [-0.4, -0.2) is 28.3 Å². The number of nitrogens with one attached hydrogen (secondary N) is 1. The molecule has 5 nitrogen and oxygen atoms in total. The number of allylic oxidation sites excluding steroid dienone is 1. The second kappa shape index (κ2) is 20.5. The van der Waals surface area contributed by atoms with Gasteiger partial charge < -0.3 is 10.1 Å². The van der Waals surface area contributed by atoms with Gasteiger partial charge >= 0.3 is 6.18 Å². The van der Waals surface area contributed by atoms with E-state index in [0.29, 0.717) is 11.8 Å². The molecule has 0 fully saturated rings. The lowest BCUT2D eigenvalue weighted by molar-refractivity contribution is -0.141. The molecule has 0 saturated heterocycles. The molecule has 0 spiro atoms. The number of halogens is 3. The van der Waals surface area contributed by atoms with Crippen molar-refractivity contribution < 1.29 is 18.0 Å². The molecule has 0 radical (unpaired) electrons. The van der Waals surface area contributed by atoms with Crippen LogP contribution in [0.1, 0.15) is 71.8 Å². The van der Waals surface area contributed by atoms with Crippen molar-refractivity contribution in [2.45, 2.75) is 67.5 Å². The standard InChI is InChI=1S/C8H6F3NO.C8H11N3.C3H8.2C2H6/c9-8(10,11)7-5-6(2-4-13)1-3-12-7;1-6(2)7-4-8(9-3)11-5-10-7;1-3-2;2*1-2/h1,3-5H,2H2;4-5H,1H2,2-3H3,(H,9,10,11);3H2,1-2H3;2*1-2H3. The zero-order chi connectivity index (χ0) is 24.9. The number of carbonyl (C=O) groups excluding carboxylic acids is 1. The molecule has 2 aromatic rings. The van der Waals surface area contributed by atoms with Crippen molar-refractivity contribution >= 4 is 17.7 Å². The molecule has 0 atom stereocenters. The van der Waals surface area contributed by atoms with E-state index < -0.39 is 11.9 Å². The van der Waals surface area contributed by atoms with Crippen LogP contribution in [-0.2, 0) is 17.4 Å². The summed E-state index contributed by atoms with van der Waals surface area (Å²) in [4.78, 5) is 21.2. The third kappa shape index (κ3) is 16.7. The third-order valence-electron chi connectivity index (χ3n) is 2.79. The van der Waals surface area contributed by atoms with Crippen LogP contribution in [0.3, 0.4) is 0 Å². The van der Waals surface area contributed by atoms with E-state index in [2.05, 4.69) is 40.7 Å². The molecule has 0 unspecified atom stereocenters. The summed E-state index contributed by atoms with van der Waals surface area (Å²) in [5, 5.41) is 2.93. The Morgan fingerprint density at radius 3 is 2.06 bits per heavy atom. The molecule has 0 amide bonds. The van der Waals surface area contributed by atoms with Crippen molar-refractivity contribution in [3.8, 4) is 0 Å². The van der Waals surface area contributed by atoms with Crippen molar-refractivity contribution in [3.63, 3.8) is 0 Å². The van der Waals surface area contributed by atoms with Gasteiger partial charge in [-0.3, -0.25) is 4.98 Å². The molecule has 0 bridgehead atoms. The molecule has 0 aliphatic rings. The summed E-state index contributed by atoms with van der Waals surface area (Å²) in [5.41, 5.74) is 1.18. The van der Waals surface area contributed by atoms with Gasteiger partial charge in [0.05, 0.1) is 5.69 Å². The summed E-state index contributed by atoms with van der Waals surface area (Å²) in [5.74, 6) is 0.818. The molecular weight excluding hydrogens is 405 g/mol. The highest BCUT2D eigenvalue weighted by Crippen LogP contribution is 2.27. The molecule has 2 rings (SSSR count). The minimum atomic E-state index is -4.45. The molecule has 0 aliphatic carbocycles. The van der Waals surface area contributed by atoms with Crippen molar-refractivity contribution in [3.05, 3.63) is 54.3 Å². The van der Waals surface area contributed by atoms with E-state index in [-0.39, 0.29) is 6.42 Å². The lowest BCUT2D eigenvalue weighted by Crippen LogP contribution is -2.08. The lowest BCUT2D eigenvalue weighted by Gasteiger charge is -2.05. The largest absolute Gasteiger partial charge is 0.433 e. The van der Waals surface area contributed by atoms with Crippen LogP contribution in [0.15, 0.2) is 37.3 Å². The van der Waals surface area contributed by atoms with Gasteiger partial charge in [0.1, 0.15) is 24.1 Å². The number of hydrogen-bond acceptors (Lipinski definition) is 5. The van der Waals surface area contributed by atoms with Crippen LogP contribution in [0, 0.1) is 0 Å². The van der Waals surface area contributed by atoms with Gasteiger partial charge in [-0.2, -0.15) is 13.2 Å². The summed E-state index contributed by atoms with van der Waals surface area (Å²) in [6.07, 6.45) is -0.0997. The quantitative estimate of drug-likeness (QED) is 0.524. The maximum atomic E-state index is 12.1. The summed E-state index contributed by atoms with van der Waals surface area (Å²) < 4.78 is 36.2. The van der Waals surface area contributed by atoms with Crippen LogP contribution >= 0.6 is 0 Å². The Balaban J connectivity index is -0.000000396. The second-order valence-corrected chi connectivity index (χ2v) is 5.44. The first kappa shape index (κ1) is 32.9. The molecule has 2 aromatic heterocycles. The van der Waals surface area contributed by atoms with Crippen molar-refractivity contribution in [2.24, 2.45) is 0 Å². The van der Waals surface area contributed by atoms with Gasteiger partial charge in [-0.1, -0.05) is 54.5 Å². The monoisotopic (exact) mass is 442 g/mol. The minimum Gasteiger partial charge on any atom is -0.373 e. The van der Waals surface area contributed by atoms with Crippen molar-refractivity contribution in [2.75, 3.05) is 12.4 Å². The molecule has 2 heterocycles. The van der Waals surface area contributed by atoms with E-state index in [1.807, 2.05) is 47.7 Å². The number of hydrogen-bond donors (Lipinski definition) is 1. The zero-order valence-corrected chi connectivity index (χ0v) is 20.0. The van der Waals surface area contributed by atoms with Crippen LogP contribution in [0.2, 0.25) is 0 Å². The normalized spacial score (nSPS) is 9.00. The highest BCUT2D eigenvalue weighted by atomic mass is 19.4. The SMILES string of the molecule is C=C(C)c1cc(NC)ncn1.CC.CC.CCC.O=CCc1ccnc(C(F)(F)F)c1. The van der Waals surface area contributed by atoms with E-state index in [4.69, 9.17) is 0 Å². The fourth-order valence-corrected chi connectivity index (χ4v) is 1.58. The molecule has 0 aromatic carbocycles. The highest BCUT2D eigenvalue weighted by Gasteiger charge is 2.32. The first-order valence-electron chi connectivity index (χ1n) is 10.3. The fraction of sp³-hybridized carbons (Fsp3) is 0.478. The van der Waals surface area contributed by atoms with Crippen LogP contribution in [0.4, 0.5) is 19.0 Å². The number of aldehydes is 1. The Kier molecular flexibility index (Phi) is 21.7. The van der Waals surface area contributed by atoms with Crippen LogP contribution in [0.25, 0.3) is 5.57 Å². The van der Waals surface area contributed by atoms with E-state index in [1.54, 1.807) is 0 Å². The number of anilines is 1. The number of aromatic nitrogens is 3. The summed E-state index contributed by atoms with van der Waals surface area (Å²) in [7, 11) is 1.82. The van der Waals surface area contributed by atoms with Gasteiger partial charge in [-0.05, 0) is 30.2 Å². The predicted octanol–water partition coefficient (Wildman–Crippen LogP) is 6.86. The van der Waals surface area contributed by atoms with Crippen LogP contribution < -0.4 is 5.32 Å². The molecular formula is C23H37F3N4O.